The molecule has 162 valence electrons. The molecule has 1 aliphatic rings. The van der Waals surface area contributed by atoms with Crippen LogP contribution in [0.2, 0.25) is 0 Å². The summed E-state index contributed by atoms with van der Waals surface area (Å²) < 4.78 is 19.9. The van der Waals surface area contributed by atoms with E-state index in [9.17, 15) is 14.0 Å². The van der Waals surface area contributed by atoms with Crippen molar-refractivity contribution in [3.63, 3.8) is 0 Å². The van der Waals surface area contributed by atoms with Crippen molar-refractivity contribution in [3.05, 3.63) is 76.0 Å². The zero-order valence-electron chi connectivity index (χ0n) is 17.3. The predicted octanol–water partition coefficient (Wildman–Crippen LogP) is 2.52. The molecule has 1 N–H and O–H groups in total. The number of carbonyl (C=O) groups is 1. The van der Waals surface area contributed by atoms with E-state index in [1.54, 1.807) is 25.1 Å². The van der Waals surface area contributed by atoms with Crippen LogP contribution in [0.4, 0.5) is 10.2 Å². The highest BCUT2D eigenvalue weighted by Crippen LogP contribution is 2.22. The Bertz CT molecular complexity index is 1130. The van der Waals surface area contributed by atoms with Crippen LogP contribution in [0, 0.1) is 12.7 Å². The van der Waals surface area contributed by atoms with E-state index in [-0.39, 0.29) is 35.6 Å². The lowest BCUT2D eigenvalue weighted by molar-refractivity contribution is 0.0944. The highest BCUT2D eigenvalue weighted by Gasteiger charge is 2.25. The summed E-state index contributed by atoms with van der Waals surface area (Å²) in [5, 5.41) is 7.44. The summed E-state index contributed by atoms with van der Waals surface area (Å²) in [5.41, 5.74) is 0.662. The van der Waals surface area contributed by atoms with Crippen molar-refractivity contribution >= 4 is 11.7 Å². The largest absolute Gasteiger partial charge is 0.448 e. The average molecular weight is 425 g/mol. The van der Waals surface area contributed by atoms with E-state index < -0.39 is 0 Å². The molecule has 0 bridgehead atoms. The molecule has 9 heteroatoms. The summed E-state index contributed by atoms with van der Waals surface area (Å²) in [5.74, 6) is 0.462. The number of hydrogen-bond donors (Lipinski definition) is 1. The summed E-state index contributed by atoms with van der Waals surface area (Å²) in [7, 11) is 0. The van der Waals surface area contributed by atoms with Gasteiger partial charge in [0, 0.05) is 32.1 Å². The average Bonchev–Trinajstić information content (AvgIpc) is 3.20. The maximum Gasteiger partial charge on any atom is 0.273 e. The van der Waals surface area contributed by atoms with Crippen molar-refractivity contribution in [2.24, 2.45) is 0 Å². The first-order chi connectivity index (χ1) is 15.0. The number of piperidine rings is 1. The highest BCUT2D eigenvalue weighted by molar-refractivity contribution is 5.91. The maximum absolute atomic E-state index is 13.5. The van der Waals surface area contributed by atoms with Gasteiger partial charge in [-0.2, -0.15) is 5.10 Å². The SMILES string of the molecule is Cc1nc(C(=O)NCC2CCCCN2c2ccc(=O)n(Cc3cccc(F)c3)n2)co1. The van der Waals surface area contributed by atoms with Crippen molar-refractivity contribution < 1.29 is 13.6 Å². The van der Waals surface area contributed by atoms with Crippen LogP contribution < -0.4 is 15.8 Å². The molecule has 2 aromatic heterocycles. The highest BCUT2D eigenvalue weighted by atomic mass is 19.1. The summed E-state index contributed by atoms with van der Waals surface area (Å²) in [6.45, 7) is 3.07. The second-order valence-electron chi connectivity index (χ2n) is 7.62. The van der Waals surface area contributed by atoms with Crippen molar-refractivity contribution in [1.29, 1.82) is 0 Å². The van der Waals surface area contributed by atoms with E-state index in [1.165, 1.54) is 29.1 Å². The summed E-state index contributed by atoms with van der Waals surface area (Å²) in [6.07, 6.45) is 4.27. The Morgan fingerprint density at radius 3 is 2.94 bits per heavy atom. The number of carbonyl (C=O) groups excluding carboxylic acids is 1. The van der Waals surface area contributed by atoms with Crippen LogP contribution in [0.25, 0.3) is 0 Å². The molecule has 1 aliphatic heterocycles. The Kier molecular flexibility index (Phi) is 6.11. The van der Waals surface area contributed by atoms with Gasteiger partial charge in [-0.15, -0.1) is 0 Å². The van der Waals surface area contributed by atoms with E-state index in [0.717, 1.165) is 25.8 Å². The number of nitrogens with zero attached hydrogens (tertiary/aromatic N) is 4. The van der Waals surface area contributed by atoms with Gasteiger partial charge in [0.2, 0.25) is 0 Å². The van der Waals surface area contributed by atoms with Gasteiger partial charge in [0.05, 0.1) is 6.54 Å². The Labute approximate surface area is 178 Å². The van der Waals surface area contributed by atoms with E-state index in [2.05, 4.69) is 20.3 Å². The second kappa shape index (κ2) is 9.11. The first kappa shape index (κ1) is 20.8. The summed E-state index contributed by atoms with van der Waals surface area (Å²) in [6, 6.07) is 9.34. The van der Waals surface area contributed by atoms with Gasteiger partial charge >= 0.3 is 0 Å². The molecule has 4 rings (SSSR count). The molecular formula is C22H24FN5O3. The first-order valence-corrected chi connectivity index (χ1v) is 10.3. The fourth-order valence-electron chi connectivity index (χ4n) is 3.80. The van der Waals surface area contributed by atoms with Gasteiger partial charge < -0.3 is 14.6 Å². The number of aromatic nitrogens is 3. The lowest BCUT2D eigenvalue weighted by atomic mass is 10.0. The fraction of sp³-hybridized carbons (Fsp3) is 0.364. The van der Waals surface area contributed by atoms with Crippen LogP contribution in [-0.2, 0) is 6.54 Å². The van der Waals surface area contributed by atoms with E-state index in [0.29, 0.717) is 23.8 Å². The Balaban J connectivity index is 1.49. The number of benzene rings is 1. The minimum Gasteiger partial charge on any atom is -0.448 e. The second-order valence-corrected chi connectivity index (χ2v) is 7.62. The molecule has 3 heterocycles. The lowest BCUT2D eigenvalue weighted by Gasteiger charge is -2.36. The fourth-order valence-corrected chi connectivity index (χ4v) is 3.80. The van der Waals surface area contributed by atoms with E-state index >= 15 is 0 Å². The molecule has 1 atom stereocenters. The number of anilines is 1. The summed E-state index contributed by atoms with van der Waals surface area (Å²) in [4.78, 5) is 30.8. The number of hydrogen-bond acceptors (Lipinski definition) is 6. The Morgan fingerprint density at radius 1 is 1.29 bits per heavy atom. The molecular weight excluding hydrogens is 401 g/mol. The number of nitrogens with one attached hydrogen (secondary N) is 1. The minimum absolute atomic E-state index is 0.0401. The van der Waals surface area contributed by atoms with Gasteiger partial charge in [-0.3, -0.25) is 9.59 Å². The van der Waals surface area contributed by atoms with Gasteiger partial charge in [0.25, 0.3) is 11.5 Å². The zero-order chi connectivity index (χ0) is 21.8. The quantitative estimate of drug-likeness (QED) is 0.652. The van der Waals surface area contributed by atoms with Crippen LogP contribution in [0.15, 0.2) is 51.9 Å². The number of amides is 1. The molecule has 1 saturated heterocycles. The van der Waals surface area contributed by atoms with Crippen molar-refractivity contribution in [1.82, 2.24) is 20.1 Å². The van der Waals surface area contributed by atoms with Gasteiger partial charge in [-0.1, -0.05) is 12.1 Å². The number of oxazole rings is 1. The first-order valence-electron chi connectivity index (χ1n) is 10.3. The third kappa shape index (κ3) is 4.99. The lowest BCUT2D eigenvalue weighted by Crippen LogP contribution is -2.47. The minimum atomic E-state index is -0.351. The van der Waals surface area contributed by atoms with Crippen molar-refractivity contribution in [2.75, 3.05) is 18.0 Å². The van der Waals surface area contributed by atoms with Crippen LogP contribution in [0.1, 0.15) is 41.2 Å². The third-order valence-electron chi connectivity index (χ3n) is 5.35. The van der Waals surface area contributed by atoms with Gasteiger partial charge in [0.15, 0.2) is 11.6 Å². The smallest absolute Gasteiger partial charge is 0.273 e. The monoisotopic (exact) mass is 425 g/mol. The standard InChI is InChI=1S/C22H24FN5O3/c1-15-25-19(14-31-15)22(30)24-12-18-7-2-3-10-27(18)20-8-9-21(29)28(26-20)13-16-5-4-6-17(23)11-16/h4-6,8-9,11,14,18H,2-3,7,10,12-13H2,1H3,(H,24,30). The van der Waals surface area contributed by atoms with Crippen molar-refractivity contribution in [3.8, 4) is 0 Å². The predicted molar refractivity (Wildman–Crippen MR) is 113 cm³/mol. The Morgan fingerprint density at radius 2 is 2.16 bits per heavy atom. The van der Waals surface area contributed by atoms with Crippen molar-refractivity contribution in [2.45, 2.75) is 38.8 Å². The molecule has 0 spiro atoms. The molecule has 0 radical (unpaired) electrons. The summed E-state index contributed by atoms with van der Waals surface area (Å²) >= 11 is 0. The Hall–Kier alpha value is -3.49. The van der Waals surface area contributed by atoms with Crippen LogP contribution >= 0.6 is 0 Å². The molecule has 1 unspecified atom stereocenters. The molecule has 0 saturated carbocycles. The topological polar surface area (TPSA) is 93.3 Å². The number of aryl methyl sites for hydroxylation is 1. The van der Waals surface area contributed by atoms with E-state index in [1.807, 2.05) is 0 Å². The van der Waals surface area contributed by atoms with Crippen LogP contribution in [0.5, 0.6) is 0 Å². The molecule has 1 amide bonds. The molecule has 0 aliphatic carbocycles. The maximum atomic E-state index is 13.5. The third-order valence-corrected chi connectivity index (χ3v) is 5.35. The molecule has 31 heavy (non-hydrogen) atoms. The number of rotatable bonds is 6. The molecule has 8 nitrogen and oxygen atoms in total. The van der Waals surface area contributed by atoms with Crippen LogP contribution in [-0.4, -0.2) is 39.8 Å². The molecule has 1 aromatic carbocycles. The number of halogens is 1. The zero-order valence-corrected chi connectivity index (χ0v) is 17.3. The normalized spacial score (nSPS) is 16.3. The van der Waals surface area contributed by atoms with Gasteiger partial charge in [0.1, 0.15) is 17.9 Å². The van der Waals surface area contributed by atoms with Gasteiger partial charge in [-0.05, 0) is 43.0 Å². The molecule has 1 fully saturated rings. The van der Waals surface area contributed by atoms with Gasteiger partial charge in [-0.25, -0.2) is 14.1 Å². The molecule has 3 aromatic rings. The van der Waals surface area contributed by atoms with Crippen LogP contribution in [0.3, 0.4) is 0 Å². The van der Waals surface area contributed by atoms with E-state index in [4.69, 9.17) is 4.42 Å².